The molecule has 0 aliphatic rings. The summed E-state index contributed by atoms with van der Waals surface area (Å²) in [4.78, 5) is 29.4. The number of carbonyl (C=O) groups is 2. The summed E-state index contributed by atoms with van der Waals surface area (Å²) in [6.45, 7) is 5.56. The third kappa shape index (κ3) is 5.07. The van der Waals surface area contributed by atoms with Crippen LogP contribution < -0.4 is 5.32 Å². The first-order chi connectivity index (χ1) is 12.5. The van der Waals surface area contributed by atoms with Gasteiger partial charge in [-0.25, -0.2) is 9.78 Å². The number of thiophene rings is 1. The summed E-state index contributed by atoms with van der Waals surface area (Å²) in [5.41, 5.74) is 0.989. The van der Waals surface area contributed by atoms with Crippen molar-refractivity contribution >= 4 is 35.0 Å². The van der Waals surface area contributed by atoms with Crippen LogP contribution in [0.3, 0.4) is 0 Å². The van der Waals surface area contributed by atoms with Crippen LogP contribution in [0.2, 0.25) is 0 Å². The standard InChI is InChI=1S/C18H19N3O3S2/c1-4-24-18(23)14-8-13(9-19)17(21-11(14)2)26-10-16(22)20-12(3)15-6-5-7-25-15/h5-8,12H,4,10H2,1-3H3,(H,20,22)/t12-/m0/s1. The first kappa shape index (κ1) is 19.9. The molecule has 0 bridgehead atoms. The number of nitrogens with one attached hydrogen (secondary N) is 1. The molecule has 0 unspecified atom stereocenters. The molecule has 2 rings (SSSR count). The molecule has 1 atom stereocenters. The molecule has 0 aliphatic heterocycles. The van der Waals surface area contributed by atoms with Crippen LogP contribution in [-0.2, 0) is 9.53 Å². The van der Waals surface area contributed by atoms with Gasteiger partial charge in [-0.1, -0.05) is 17.8 Å². The number of thioether (sulfide) groups is 1. The topological polar surface area (TPSA) is 92.1 Å². The van der Waals surface area contributed by atoms with Crippen LogP contribution in [0.25, 0.3) is 0 Å². The molecule has 136 valence electrons. The normalized spacial score (nSPS) is 11.5. The van der Waals surface area contributed by atoms with Gasteiger partial charge in [-0.15, -0.1) is 11.3 Å². The molecule has 6 nitrogen and oxygen atoms in total. The van der Waals surface area contributed by atoms with Crippen molar-refractivity contribution in [2.75, 3.05) is 12.4 Å². The van der Waals surface area contributed by atoms with Crippen molar-refractivity contribution < 1.29 is 14.3 Å². The first-order valence-electron chi connectivity index (χ1n) is 8.00. The molecular formula is C18H19N3O3S2. The second-order valence-electron chi connectivity index (χ2n) is 5.40. The Bertz CT molecular complexity index is 829. The monoisotopic (exact) mass is 389 g/mol. The Morgan fingerprint density at radius 1 is 1.50 bits per heavy atom. The number of ether oxygens (including phenoxy) is 1. The van der Waals surface area contributed by atoms with Crippen molar-refractivity contribution in [3.8, 4) is 6.07 Å². The molecule has 0 saturated carbocycles. The molecule has 1 N–H and O–H groups in total. The zero-order chi connectivity index (χ0) is 19.1. The summed E-state index contributed by atoms with van der Waals surface area (Å²) in [6, 6.07) is 7.33. The predicted octanol–water partition coefficient (Wildman–Crippen LogP) is 3.47. The molecule has 2 aromatic heterocycles. The fraction of sp³-hybridized carbons (Fsp3) is 0.333. The van der Waals surface area contributed by atoms with Gasteiger partial charge in [0.1, 0.15) is 11.1 Å². The summed E-state index contributed by atoms with van der Waals surface area (Å²) in [7, 11) is 0. The van der Waals surface area contributed by atoms with Crippen LogP contribution in [0.5, 0.6) is 0 Å². The molecule has 0 aliphatic carbocycles. The van der Waals surface area contributed by atoms with Crippen molar-refractivity contribution in [1.29, 1.82) is 5.26 Å². The van der Waals surface area contributed by atoms with Gasteiger partial charge in [0.25, 0.3) is 0 Å². The number of esters is 1. The second kappa shape index (κ2) is 9.36. The highest BCUT2D eigenvalue weighted by Crippen LogP contribution is 2.24. The van der Waals surface area contributed by atoms with Crippen molar-refractivity contribution in [2.24, 2.45) is 0 Å². The highest BCUT2D eigenvalue weighted by Gasteiger charge is 2.17. The molecule has 2 aromatic rings. The van der Waals surface area contributed by atoms with Gasteiger partial charge in [0.05, 0.1) is 35.2 Å². The number of pyridine rings is 1. The van der Waals surface area contributed by atoms with E-state index in [-0.39, 0.29) is 35.4 Å². The zero-order valence-corrected chi connectivity index (χ0v) is 16.4. The lowest BCUT2D eigenvalue weighted by Crippen LogP contribution is -2.27. The lowest BCUT2D eigenvalue weighted by molar-refractivity contribution is -0.119. The molecule has 1 amide bonds. The SMILES string of the molecule is CCOC(=O)c1cc(C#N)c(SCC(=O)N[C@@H](C)c2cccs2)nc1C. The second-order valence-corrected chi connectivity index (χ2v) is 7.34. The third-order valence-electron chi connectivity index (χ3n) is 3.48. The highest BCUT2D eigenvalue weighted by atomic mass is 32.2. The van der Waals surface area contributed by atoms with Crippen LogP contribution in [0, 0.1) is 18.3 Å². The first-order valence-corrected chi connectivity index (χ1v) is 9.87. The Hall–Kier alpha value is -2.37. The smallest absolute Gasteiger partial charge is 0.340 e. The van der Waals surface area contributed by atoms with E-state index in [1.165, 1.54) is 17.8 Å². The number of hydrogen-bond donors (Lipinski definition) is 1. The Labute approximate surface area is 160 Å². The third-order valence-corrected chi connectivity index (χ3v) is 5.53. The number of amides is 1. The van der Waals surface area contributed by atoms with E-state index in [9.17, 15) is 14.9 Å². The quantitative estimate of drug-likeness (QED) is 0.576. The van der Waals surface area contributed by atoms with E-state index in [0.29, 0.717) is 10.7 Å². The Kier molecular flexibility index (Phi) is 7.18. The summed E-state index contributed by atoms with van der Waals surface area (Å²) in [5, 5.41) is 14.6. The molecular weight excluding hydrogens is 370 g/mol. The zero-order valence-electron chi connectivity index (χ0n) is 14.7. The van der Waals surface area contributed by atoms with Crippen molar-refractivity contribution in [3.05, 3.63) is 45.3 Å². The number of rotatable bonds is 7. The van der Waals surface area contributed by atoms with Gasteiger partial charge >= 0.3 is 5.97 Å². The predicted molar refractivity (Wildman–Crippen MR) is 101 cm³/mol. The number of aromatic nitrogens is 1. The molecule has 0 saturated heterocycles. The van der Waals surface area contributed by atoms with E-state index in [0.717, 1.165) is 4.88 Å². The van der Waals surface area contributed by atoms with Crippen molar-refractivity contribution in [1.82, 2.24) is 10.3 Å². The minimum absolute atomic E-state index is 0.0700. The average Bonchev–Trinajstić information content (AvgIpc) is 3.15. The maximum Gasteiger partial charge on any atom is 0.340 e. The van der Waals surface area contributed by atoms with Gasteiger partial charge < -0.3 is 10.1 Å². The molecule has 0 spiro atoms. The molecule has 26 heavy (non-hydrogen) atoms. The van der Waals surface area contributed by atoms with Gasteiger partial charge in [-0.05, 0) is 38.3 Å². The van der Waals surface area contributed by atoms with Crippen LogP contribution in [-0.4, -0.2) is 29.2 Å². The Balaban J connectivity index is 2.05. The van der Waals surface area contributed by atoms with Crippen molar-refractivity contribution in [3.63, 3.8) is 0 Å². The number of nitriles is 1. The Morgan fingerprint density at radius 3 is 2.88 bits per heavy atom. The van der Waals surface area contributed by atoms with Crippen LogP contribution in [0.4, 0.5) is 0 Å². The van der Waals surface area contributed by atoms with E-state index in [4.69, 9.17) is 4.74 Å². The van der Waals surface area contributed by atoms with E-state index in [1.807, 2.05) is 30.5 Å². The minimum Gasteiger partial charge on any atom is -0.462 e. The minimum atomic E-state index is -0.506. The van der Waals surface area contributed by atoms with Gasteiger partial charge in [-0.3, -0.25) is 4.79 Å². The summed E-state index contributed by atoms with van der Waals surface area (Å²) in [5.74, 6) is -0.517. The van der Waals surface area contributed by atoms with Crippen molar-refractivity contribution in [2.45, 2.75) is 31.8 Å². The van der Waals surface area contributed by atoms with Gasteiger partial charge in [0.15, 0.2) is 0 Å². The largest absolute Gasteiger partial charge is 0.462 e. The lowest BCUT2D eigenvalue weighted by atomic mass is 10.1. The van der Waals surface area contributed by atoms with Gasteiger partial charge in [0.2, 0.25) is 5.91 Å². The molecule has 0 aromatic carbocycles. The van der Waals surface area contributed by atoms with Crippen LogP contribution in [0.15, 0.2) is 28.6 Å². The maximum atomic E-state index is 12.2. The molecule has 0 fully saturated rings. The number of hydrogen-bond acceptors (Lipinski definition) is 7. The number of carbonyl (C=O) groups excluding carboxylic acids is 2. The fourth-order valence-corrected chi connectivity index (χ4v) is 3.76. The average molecular weight is 390 g/mol. The van der Waals surface area contributed by atoms with E-state index >= 15 is 0 Å². The summed E-state index contributed by atoms with van der Waals surface area (Å²) < 4.78 is 4.97. The van der Waals surface area contributed by atoms with Crippen LogP contribution in [0.1, 0.15) is 46.4 Å². The molecule has 8 heteroatoms. The fourth-order valence-electron chi connectivity index (χ4n) is 2.21. The maximum absolute atomic E-state index is 12.2. The van der Waals surface area contributed by atoms with E-state index in [1.54, 1.807) is 25.2 Å². The number of aryl methyl sites for hydroxylation is 1. The summed E-state index contributed by atoms with van der Waals surface area (Å²) in [6.07, 6.45) is 0. The van der Waals surface area contributed by atoms with Crippen LogP contribution >= 0.6 is 23.1 Å². The number of nitrogens with zero attached hydrogens (tertiary/aromatic N) is 2. The molecule has 2 heterocycles. The van der Waals surface area contributed by atoms with Gasteiger partial charge in [-0.2, -0.15) is 5.26 Å². The lowest BCUT2D eigenvalue weighted by Gasteiger charge is -2.12. The van der Waals surface area contributed by atoms with E-state index in [2.05, 4.69) is 10.3 Å². The Morgan fingerprint density at radius 2 is 2.27 bits per heavy atom. The summed E-state index contributed by atoms with van der Waals surface area (Å²) >= 11 is 2.76. The van der Waals surface area contributed by atoms with Gasteiger partial charge in [0, 0.05) is 4.88 Å². The highest BCUT2D eigenvalue weighted by molar-refractivity contribution is 8.00. The van der Waals surface area contributed by atoms with E-state index < -0.39 is 5.97 Å². The molecule has 0 radical (unpaired) electrons.